The van der Waals surface area contributed by atoms with Gasteiger partial charge in [0.05, 0.1) is 17.9 Å². The van der Waals surface area contributed by atoms with Gasteiger partial charge in [0.1, 0.15) is 5.75 Å². The predicted octanol–water partition coefficient (Wildman–Crippen LogP) is 2.36. The van der Waals surface area contributed by atoms with Crippen LogP contribution in [0.25, 0.3) is 0 Å². The fourth-order valence-corrected chi connectivity index (χ4v) is 3.74. The van der Waals surface area contributed by atoms with Gasteiger partial charge < -0.3 is 14.9 Å². The fraction of sp³-hybridized carbons (Fsp3) is 0.562. The maximum Gasteiger partial charge on any atom is 0.347 e. The van der Waals surface area contributed by atoms with E-state index >= 15 is 0 Å². The van der Waals surface area contributed by atoms with Crippen LogP contribution in [0.1, 0.15) is 65.4 Å². The molecule has 1 spiro atoms. The average molecular weight is 305 g/mol. The zero-order valence-electron chi connectivity index (χ0n) is 12.5. The summed E-state index contributed by atoms with van der Waals surface area (Å²) >= 11 is 0. The largest absolute Gasteiger partial charge is 0.506 e. The molecule has 6 nitrogen and oxygen atoms in total. The number of ketones is 1. The van der Waals surface area contributed by atoms with E-state index in [1.165, 1.54) is 0 Å². The van der Waals surface area contributed by atoms with Gasteiger partial charge in [0.15, 0.2) is 11.3 Å². The number of nitrogens with zero attached hydrogens (tertiary/aromatic N) is 1. The van der Waals surface area contributed by atoms with Crippen LogP contribution < -0.4 is 0 Å². The Morgan fingerprint density at radius 2 is 1.95 bits per heavy atom. The standard InChI is InChI=1S/C16H19NO5/c1-2-22-15(21)12-13(19)11-9(17-14(12)20)7-16(8-10(11)18)5-3-4-6-16/h2-8H2,1H3,(H2,17,19,20). The zero-order valence-corrected chi connectivity index (χ0v) is 12.5. The molecular formula is C16H19NO5. The molecule has 22 heavy (non-hydrogen) atoms. The first-order valence-electron chi connectivity index (χ1n) is 7.62. The molecule has 0 bridgehead atoms. The predicted molar refractivity (Wildman–Crippen MR) is 77.1 cm³/mol. The van der Waals surface area contributed by atoms with Gasteiger partial charge in [0.2, 0.25) is 5.88 Å². The molecule has 0 amide bonds. The lowest BCUT2D eigenvalue weighted by Crippen LogP contribution is -2.31. The summed E-state index contributed by atoms with van der Waals surface area (Å²) in [6, 6.07) is 0. The molecule has 0 aromatic carbocycles. The van der Waals surface area contributed by atoms with Crippen LogP contribution >= 0.6 is 0 Å². The van der Waals surface area contributed by atoms with Crippen molar-refractivity contribution in [3.63, 3.8) is 0 Å². The van der Waals surface area contributed by atoms with Crippen LogP contribution in [0.4, 0.5) is 0 Å². The summed E-state index contributed by atoms with van der Waals surface area (Å²) in [5, 5.41) is 20.3. The highest BCUT2D eigenvalue weighted by molar-refractivity contribution is 6.06. The number of fused-ring (bicyclic) bond motifs is 1. The van der Waals surface area contributed by atoms with Gasteiger partial charge in [-0.3, -0.25) is 4.79 Å². The van der Waals surface area contributed by atoms with E-state index < -0.39 is 23.2 Å². The van der Waals surface area contributed by atoms with E-state index in [4.69, 9.17) is 4.74 Å². The molecule has 1 aromatic heterocycles. The first kappa shape index (κ1) is 14.8. The number of Topliss-reactive ketones (excluding diaryl/α,β-unsaturated/α-hetero) is 1. The van der Waals surface area contributed by atoms with Gasteiger partial charge in [-0.05, 0) is 31.6 Å². The van der Waals surface area contributed by atoms with Crippen LogP contribution in [0.3, 0.4) is 0 Å². The van der Waals surface area contributed by atoms with Crippen LogP contribution in [-0.2, 0) is 11.2 Å². The molecule has 1 fully saturated rings. The molecule has 2 N–H and O–H groups in total. The van der Waals surface area contributed by atoms with Crippen molar-refractivity contribution in [3.05, 3.63) is 16.8 Å². The van der Waals surface area contributed by atoms with Crippen molar-refractivity contribution in [2.75, 3.05) is 6.61 Å². The van der Waals surface area contributed by atoms with Crippen molar-refractivity contribution in [2.24, 2.45) is 5.41 Å². The van der Waals surface area contributed by atoms with Gasteiger partial charge >= 0.3 is 5.97 Å². The number of aromatic nitrogens is 1. The summed E-state index contributed by atoms with van der Waals surface area (Å²) in [4.78, 5) is 28.3. The SMILES string of the molecule is CCOC(=O)c1c(O)nc2c(c1O)C(=O)CC1(CCCC1)C2. The van der Waals surface area contributed by atoms with Crippen LogP contribution in [0.5, 0.6) is 11.6 Å². The van der Waals surface area contributed by atoms with E-state index in [-0.39, 0.29) is 23.4 Å². The second-order valence-corrected chi connectivity index (χ2v) is 6.19. The number of carbonyl (C=O) groups excluding carboxylic acids is 2. The van der Waals surface area contributed by atoms with E-state index in [1.807, 2.05) is 0 Å². The molecular weight excluding hydrogens is 286 g/mol. The molecule has 0 unspecified atom stereocenters. The van der Waals surface area contributed by atoms with E-state index in [1.54, 1.807) is 6.92 Å². The maximum absolute atomic E-state index is 12.5. The quantitative estimate of drug-likeness (QED) is 0.814. The summed E-state index contributed by atoms with van der Waals surface area (Å²) in [6.45, 7) is 1.72. The Morgan fingerprint density at radius 1 is 1.27 bits per heavy atom. The summed E-state index contributed by atoms with van der Waals surface area (Å²) in [6.07, 6.45) is 5.01. The minimum atomic E-state index is -0.873. The number of pyridine rings is 1. The third-order valence-electron chi connectivity index (χ3n) is 4.73. The monoisotopic (exact) mass is 305 g/mol. The Balaban J connectivity index is 2.07. The third kappa shape index (κ3) is 2.23. The zero-order chi connectivity index (χ0) is 15.9. The van der Waals surface area contributed by atoms with E-state index in [0.29, 0.717) is 18.5 Å². The van der Waals surface area contributed by atoms with Gasteiger partial charge in [-0.25, -0.2) is 9.78 Å². The first-order chi connectivity index (χ1) is 10.5. The lowest BCUT2D eigenvalue weighted by Gasteiger charge is -2.33. The Bertz CT molecular complexity index is 646. The van der Waals surface area contributed by atoms with E-state index in [0.717, 1.165) is 25.7 Å². The van der Waals surface area contributed by atoms with Crippen molar-refractivity contribution in [2.45, 2.75) is 45.4 Å². The summed E-state index contributed by atoms with van der Waals surface area (Å²) < 4.78 is 4.80. The van der Waals surface area contributed by atoms with Gasteiger partial charge in [0, 0.05) is 6.42 Å². The summed E-state index contributed by atoms with van der Waals surface area (Å²) in [5.74, 6) is -2.16. The van der Waals surface area contributed by atoms with Crippen molar-refractivity contribution in [1.29, 1.82) is 0 Å². The van der Waals surface area contributed by atoms with Crippen molar-refractivity contribution >= 4 is 11.8 Å². The maximum atomic E-state index is 12.5. The molecule has 1 saturated carbocycles. The highest BCUT2D eigenvalue weighted by atomic mass is 16.5. The van der Waals surface area contributed by atoms with E-state index in [2.05, 4.69) is 4.98 Å². The molecule has 2 aliphatic carbocycles. The smallest absolute Gasteiger partial charge is 0.347 e. The molecule has 0 atom stereocenters. The molecule has 1 aromatic rings. The van der Waals surface area contributed by atoms with Gasteiger partial charge in [-0.1, -0.05) is 12.8 Å². The minimum Gasteiger partial charge on any atom is -0.506 e. The molecule has 3 rings (SSSR count). The van der Waals surface area contributed by atoms with Crippen LogP contribution in [0.2, 0.25) is 0 Å². The van der Waals surface area contributed by atoms with Gasteiger partial charge in [-0.2, -0.15) is 0 Å². The first-order valence-corrected chi connectivity index (χ1v) is 7.62. The number of rotatable bonds is 2. The number of hydrogen-bond acceptors (Lipinski definition) is 6. The minimum absolute atomic E-state index is 0.0679. The van der Waals surface area contributed by atoms with Crippen molar-refractivity contribution < 1.29 is 24.5 Å². The van der Waals surface area contributed by atoms with Crippen LogP contribution in [0.15, 0.2) is 0 Å². The van der Waals surface area contributed by atoms with Crippen LogP contribution in [0, 0.1) is 5.41 Å². The Kier molecular flexibility index (Phi) is 3.54. The Labute approximate surface area is 128 Å². The highest BCUT2D eigenvalue weighted by Crippen LogP contribution is 2.49. The fourth-order valence-electron chi connectivity index (χ4n) is 3.74. The Morgan fingerprint density at radius 3 is 2.59 bits per heavy atom. The topological polar surface area (TPSA) is 96.7 Å². The lowest BCUT2D eigenvalue weighted by molar-refractivity contribution is 0.0518. The molecule has 0 saturated heterocycles. The highest BCUT2D eigenvalue weighted by Gasteiger charge is 2.43. The molecule has 2 aliphatic rings. The second-order valence-electron chi connectivity index (χ2n) is 6.19. The number of hydrogen-bond donors (Lipinski definition) is 2. The second kappa shape index (κ2) is 5.26. The molecule has 1 heterocycles. The molecule has 118 valence electrons. The van der Waals surface area contributed by atoms with Gasteiger partial charge in [-0.15, -0.1) is 0 Å². The lowest BCUT2D eigenvalue weighted by atomic mass is 9.71. The van der Waals surface area contributed by atoms with Gasteiger partial charge in [0.25, 0.3) is 0 Å². The average Bonchev–Trinajstić information content (AvgIpc) is 2.85. The molecule has 0 radical (unpaired) electrons. The van der Waals surface area contributed by atoms with Crippen molar-refractivity contribution in [1.82, 2.24) is 4.98 Å². The summed E-state index contributed by atoms with van der Waals surface area (Å²) in [5.41, 5.74) is -0.0580. The Hall–Kier alpha value is -2.11. The van der Waals surface area contributed by atoms with Crippen molar-refractivity contribution in [3.8, 4) is 11.6 Å². The number of aromatic hydroxyl groups is 2. The molecule has 6 heteroatoms. The summed E-state index contributed by atoms with van der Waals surface area (Å²) in [7, 11) is 0. The van der Waals surface area contributed by atoms with Crippen LogP contribution in [-0.4, -0.2) is 33.6 Å². The number of ether oxygens (including phenoxy) is 1. The number of carbonyl (C=O) groups is 2. The normalized spacial score (nSPS) is 19.2. The molecule has 0 aliphatic heterocycles. The third-order valence-corrected chi connectivity index (χ3v) is 4.73. The van der Waals surface area contributed by atoms with E-state index in [9.17, 15) is 19.8 Å². The number of esters is 1.